The molecule has 0 spiro atoms. The zero-order valence-electron chi connectivity index (χ0n) is 8.59. The maximum atomic E-state index is 10.8. The zero-order chi connectivity index (χ0) is 10.3. The summed E-state index contributed by atoms with van der Waals surface area (Å²) in [6, 6.07) is 0. The summed E-state index contributed by atoms with van der Waals surface area (Å²) in [5, 5.41) is 3.09. The molecule has 1 amide bonds. The highest BCUT2D eigenvalue weighted by atomic mass is 16.2. The summed E-state index contributed by atoms with van der Waals surface area (Å²) in [7, 11) is 1.76. The number of likely N-dealkylation sites (N-methyl/N-ethyl adjacent to an activating group) is 1. The molecular formula is C9H18N2O2. The van der Waals surface area contributed by atoms with E-state index in [2.05, 4.69) is 5.32 Å². The summed E-state index contributed by atoms with van der Waals surface area (Å²) < 4.78 is 0. The molecule has 13 heavy (non-hydrogen) atoms. The van der Waals surface area contributed by atoms with Gasteiger partial charge in [-0.2, -0.15) is 0 Å². The first kappa shape index (κ1) is 12.1. The monoisotopic (exact) mass is 186 g/mol. The van der Waals surface area contributed by atoms with Crippen LogP contribution in [0.1, 0.15) is 20.3 Å². The van der Waals surface area contributed by atoms with Crippen molar-refractivity contribution in [2.45, 2.75) is 20.3 Å². The largest absolute Gasteiger partial charge is 0.345 e. The number of ketones is 1. The average Bonchev–Trinajstić information content (AvgIpc) is 2.02. The van der Waals surface area contributed by atoms with Crippen LogP contribution in [0.5, 0.6) is 0 Å². The van der Waals surface area contributed by atoms with Gasteiger partial charge in [-0.25, -0.2) is 0 Å². The minimum Gasteiger partial charge on any atom is -0.345 e. The van der Waals surface area contributed by atoms with Crippen LogP contribution < -0.4 is 5.32 Å². The molecule has 0 saturated heterocycles. The van der Waals surface area contributed by atoms with E-state index in [-0.39, 0.29) is 11.7 Å². The van der Waals surface area contributed by atoms with Crippen molar-refractivity contribution in [2.24, 2.45) is 0 Å². The second kappa shape index (κ2) is 6.60. The molecule has 0 bridgehead atoms. The van der Waals surface area contributed by atoms with Crippen LogP contribution in [0.2, 0.25) is 0 Å². The lowest BCUT2D eigenvalue weighted by molar-refractivity contribution is -0.127. The highest BCUT2D eigenvalue weighted by Gasteiger charge is 2.00. The van der Waals surface area contributed by atoms with E-state index in [1.807, 2.05) is 0 Å². The van der Waals surface area contributed by atoms with Crippen LogP contribution in [0.15, 0.2) is 0 Å². The van der Waals surface area contributed by atoms with Crippen molar-refractivity contribution in [1.82, 2.24) is 10.2 Å². The van der Waals surface area contributed by atoms with Gasteiger partial charge in [-0.05, 0) is 6.92 Å². The van der Waals surface area contributed by atoms with E-state index in [4.69, 9.17) is 0 Å². The molecule has 76 valence electrons. The quantitative estimate of drug-likeness (QED) is 0.596. The van der Waals surface area contributed by atoms with Crippen LogP contribution in [0.4, 0.5) is 0 Å². The number of carbonyl (C=O) groups excluding carboxylic acids is 2. The Morgan fingerprint density at radius 1 is 1.23 bits per heavy atom. The summed E-state index contributed by atoms with van der Waals surface area (Å²) in [5.74, 6) is 0.251. The Morgan fingerprint density at radius 3 is 2.31 bits per heavy atom. The third kappa shape index (κ3) is 7.46. The van der Waals surface area contributed by atoms with E-state index in [1.165, 1.54) is 6.92 Å². The van der Waals surface area contributed by atoms with E-state index in [0.29, 0.717) is 19.5 Å². The molecule has 0 fully saturated rings. The van der Waals surface area contributed by atoms with E-state index < -0.39 is 0 Å². The Bertz CT molecular complexity index is 180. The third-order valence-corrected chi connectivity index (χ3v) is 1.82. The van der Waals surface area contributed by atoms with E-state index in [9.17, 15) is 9.59 Å². The van der Waals surface area contributed by atoms with Crippen LogP contribution in [-0.4, -0.2) is 43.3 Å². The fraction of sp³-hybridized carbons (Fsp3) is 0.778. The summed E-state index contributed by atoms with van der Waals surface area (Å²) in [5.41, 5.74) is 0. The third-order valence-electron chi connectivity index (χ3n) is 1.82. The predicted molar refractivity (Wildman–Crippen MR) is 51.5 cm³/mol. The molecule has 4 nitrogen and oxygen atoms in total. The van der Waals surface area contributed by atoms with Crippen LogP contribution in [0, 0.1) is 0 Å². The topological polar surface area (TPSA) is 49.4 Å². The molecule has 0 unspecified atom stereocenters. The molecule has 4 heteroatoms. The second-order valence-electron chi connectivity index (χ2n) is 3.14. The number of nitrogens with zero attached hydrogens (tertiary/aromatic N) is 1. The Morgan fingerprint density at radius 2 is 1.85 bits per heavy atom. The van der Waals surface area contributed by atoms with Crippen molar-refractivity contribution >= 4 is 11.7 Å². The Labute approximate surface area is 79.3 Å². The smallest absolute Gasteiger partial charge is 0.219 e. The van der Waals surface area contributed by atoms with Crippen LogP contribution >= 0.6 is 0 Å². The van der Waals surface area contributed by atoms with Gasteiger partial charge in [0.15, 0.2) is 0 Å². The first-order valence-electron chi connectivity index (χ1n) is 4.46. The molecule has 0 rings (SSSR count). The lowest BCUT2D eigenvalue weighted by atomic mass is 10.3. The van der Waals surface area contributed by atoms with Crippen molar-refractivity contribution < 1.29 is 9.59 Å². The summed E-state index contributed by atoms with van der Waals surface area (Å²) in [6.45, 7) is 5.23. The van der Waals surface area contributed by atoms with Crippen LogP contribution in [-0.2, 0) is 9.59 Å². The Balaban J connectivity index is 3.26. The number of rotatable bonds is 6. The summed E-state index contributed by atoms with van der Waals surface area (Å²) >= 11 is 0. The van der Waals surface area contributed by atoms with Gasteiger partial charge in [0.2, 0.25) is 5.91 Å². The van der Waals surface area contributed by atoms with Crippen molar-refractivity contribution in [1.29, 1.82) is 0 Å². The number of carbonyl (C=O) groups is 2. The predicted octanol–water partition coefficient (Wildman–Crippen LogP) is 0.0334. The standard InChI is InChI=1S/C9H18N2O2/c1-8(12)4-5-10-6-7-11(3)9(2)13/h10H,4-7H2,1-3H3. The molecule has 0 atom stereocenters. The fourth-order valence-electron chi connectivity index (χ4n) is 0.794. The SMILES string of the molecule is CC(=O)CCNCCN(C)C(C)=O. The summed E-state index contributed by atoms with van der Waals surface area (Å²) in [4.78, 5) is 22.9. The number of amides is 1. The molecular weight excluding hydrogens is 168 g/mol. The molecule has 0 aliphatic heterocycles. The average molecular weight is 186 g/mol. The fourth-order valence-corrected chi connectivity index (χ4v) is 0.794. The molecule has 0 aromatic heterocycles. The highest BCUT2D eigenvalue weighted by molar-refractivity contribution is 5.75. The van der Waals surface area contributed by atoms with Gasteiger partial charge >= 0.3 is 0 Å². The molecule has 0 heterocycles. The molecule has 0 aliphatic rings. The van der Waals surface area contributed by atoms with Gasteiger partial charge in [0.1, 0.15) is 5.78 Å². The van der Waals surface area contributed by atoms with E-state index in [1.54, 1.807) is 18.9 Å². The van der Waals surface area contributed by atoms with Crippen LogP contribution in [0.25, 0.3) is 0 Å². The summed E-state index contributed by atoms with van der Waals surface area (Å²) in [6.07, 6.45) is 0.559. The number of hydrogen-bond donors (Lipinski definition) is 1. The maximum absolute atomic E-state index is 10.8. The van der Waals surface area contributed by atoms with Crippen molar-refractivity contribution in [3.05, 3.63) is 0 Å². The maximum Gasteiger partial charge on any atom is 0.219 e. The molecule has 0 aromatic carbocycles. The lowest BCUT2D eigenvalue weighted by Gasteiger charge is -2.14. The van der Waals surface area contributed by atoms with E-state index >= 15 is 0 Å². The van der Waals surface area contributed by atoms with Crippen molar-refractivity contribution in [3.8, 4) is 0 Å². The first-order valence-corrected chi connectivity index (χ1v) is 4.46. The molecule has 0 saturated carbocycles. The van der Waals surface area contributed by atoms with Gasteiger partial charge in [-0.15, -0.1) is 0 Å². The van der Waals surface area contributed by atoms with Gasteiger partial charge in [-0.3, -0.25) is 9.59 Å². The zero-order valence-corrected chi connectivity index (χ0v) is 8.59. The van der Waals surface area contributed by atoms with Gasteiger partial charge in [-0.1, -0.05) is 0 Å². The van der Waals surface area contributed by atoms with Gasteiger partial charge < -0.3 is 10.2 Å². The van der Waals surface area contributed by atoms with E-state index in [0.717, 1.165) is 6.54 Å². The highest BCUT2D eigenvalue weighted by Crippen LogP contribution is 1.82. The van der Waals surface area contributed by atoms with Crippen molar-refractivity contribution in [2.75, 3.05) is 26.7 Å². The van der Waals surface area contributed by atoms with Gasteiger partial charge in [0.25, 0.3) is 0 Å². The van der Waals surface area contributed by atoms with Gasteiger partial charge in [0.05, 0.1) is 0 Å². The number of nitrogens with one attached hydrogen (secondary N) is 1. The normalized spacial score (nSPS) is 9.77. The molecule has 0 radical (unpaired) electrons. The molecule has 0 aliphatic carbocycles. The Hall–Kier alpha value is -0.900. The molecule has 1 N–H and O–H groups in total. The lowest BCUT2D eigenvalue weighted by Crippen LogP contribution is -2.32. The number of hydrogen-bond acceptors (Lipinski definition) is 3. The Kier molecular flexibility index (Phi) is 6.14. The van der Waals surface area contributed by atoms with Crippen molar-refractivity contribution in [3.63, 3.8) is 0 Å². The second-order valence-corrected chi connectivity index (χ2v) is 3.14. The van der Waals surface area contributed by atoms with Gasteiger partial charge in [0, 0.05) is 40.0 Å². The number of Topliss-reactive ketones (excluding diaryl/α,β-unsaturated/α-hetero) is 1. The molecule has 0 aromatic rings. The minimum absolute atomic E-state index is 0.0633. The minimum atomic E-state index is 0.0633. The van der Waals surface area contributed by atoms with Crippen LogP contribution in [0.3, 0.4) is 0 Å². The first-order chi connectivity index (χ1) is 6.04.